The average molecular weight is 440 g/mol. The number of rotatable bonds is 6. The third-order valence-electron chi connectivity index (χ3n) is 5.76. The van der Waals surface area contributed by atoms with E-state index in [4.69, 9.17) is 27.9 Å². The molecule has 0 amide bonds. The van der Waals surface area contributed by atoms with Crippen LogP contribution in [0.5, 0.6) is 5.75 Å². The van der Waals surface area contributed by atoms with E-state index >= 15 is 0 Å². The van der Waals surface area contributed by atoms with Crippen LogP contribution in [0, 0.1) is 5.92 Å². The molecule has 3 aromatic rings. The van der Waals surface area contributed by atoms with Crippen molar-refractivity contribution in [1.82, 2.24) is 0 Å². The molecule has 0 bridgehead atoms. The second kappa shape index (κ2) is 9.11. The Morgan fingerprint density at radius 1 is 1.00 bits per heavy atom. The third-order valence-corrected chi connectivity index (χ3v) is 6.49. The number of hydrogen-bond donors (Lipinski definition) is 0. The third kappa shape index (κ3) is 4.33. The number of Topliss-reactive ketones (excluding diaryl/α,β-unsaturated/α-hetero) is 1. The van der Waals surface area contributed by atoms with E-state index in [2.05, 4.69) is 17.0 Å². The molecule has 5 heteroatoms. The molecule has 0 saturated carbocycles. The van der Waals surface area contributed by atoms with Crippen molar-refractivity contribution in [2.24, 2.45) is 5.92 Å². The monoisotopic (exact) mass is 439 g/mol. The van der Waals surface area contributed by atoms with Gasteiger partial charge in [-0.3, -0.25) is 4.79 Å². The van der Waals surface area contributed by atoms with Gasteiger partial charge in [-0.15, -0.1) is 0 Å². The molecule has 30 heavy (non-hydrogen) atoms. The molecule has 1 aliphatic rings. The van der Waals surface area contributed by atoms with Crippen LogP contribution in [0.4, 0.5) is 5.69 Å². The Kier molecular flexibility index (Phi) is 6.31. The predicted octanol–water partition coefficient (Wildman–Crippen LogP) is 6.84. The minimum Gasteiger partial charge on any atom is -0.497 e. The Balaban J connectivity index is 1.66. The molecule has 0 radical (unpaired) electrons. The van der Waals surface area contributed by atoms with E-state index in [9.17, 15) is 4.79 Å². The molecule has 1 saturated heterocycles. The first-order valence-electron chi connectivity index (χ1n) is 10.0. The summed E-state index contributed by atoms with van der Waals surface area (Å²) < 4.78 is 5.30. The summed E-state index contributed by atoms with van der Waals surface area (Å²) in [6, 6.07) is 23.4. The summed E-state index contributed by atoms with van der Waals surface area (Å²) in [5.41, 5.74) is 2.93. The van der Waals surface area contributed by atoms with E-state index in [1.807, 2.05) is 60.7 Å². The maximum Gasteiger partial charge on any atom is 0.163 e. The number of halogens is 2. The van der Waals surface area contributed by atoms with Crippen LogP contribution >= 0.6 is 23.2 Å². The van der Waals surface area contributed by atoms with Crippen LogP contribution < -0.4 is 9.64 Å². The molecule has 3 nitrogen and oxygen atoms in total. The highest BCUT2D eigenvalue weighted by molar-refractivity contribution is 6.42. The van der Waals surface area contributed by atoms with Crippen molar-refractivity contribution < 1.29 is 9.53 Å². The van der Waals surface area contributed by atoms with Crippen molar-refractivity contribution >= 4 is 34.7 Å². The Bertz CT molecular complexity index is 1020. The number of ketones is 1. The molecule has 0 aliphatic carbocycles. The summed E-state index contributed by atoms with van der Waals surface area (Å²) in [7, 11) is 1.66. The first kappa shape index (κ1) is 20.8. The summed E-state index contributed by atoms with van der Waals surface area (Å²) in [5.74, 6) is 1.17. The van der Waals surface area contributed by atoms with Crippen LogP contribution in [0.15, 0.2) is 72.8 Å². The van der Waals surface area contributed by atoms with Gasteiger partial charge in [0, 0.05) is 24.2 Å². The highest BCUT2D eigenvalue weighted by Crippen LogP contribution is 2.44. The van der Waals surface area contributed by atoms with Crippen molar-refractivity contribution in [1.29, 1.82) is 0 Å². The predicted molar refractivity (Wildman–Crippen MR) is 123 cm³/mol. The van der Waals surface area contributed by atoms with Crippen LogP contribution in [0.3, 0.4) is 0 Å². The van der Waals surface area contributed by atoms with Crippen LogP contribution in [0.2, 0.25) is 10.0 Å². The normalized spacial score (nSPS) is 18.4. The molecule has 1 aliphatic heterocycles. The van der Waals surface area contributed by atoms with Gasteiger partial charge in [-0.25, -0.2) is 0 Å². The summed E-state index contributed by atoms with van der Waals surface area (Å²) in [6.45, 7) is 0.865. The van der Waals surface area contributed by atoms with Crippen LogP contribution in [-0.2, 0) is 0 Å². The van der Waals surface area contributed by atoms with Gasteiger partial charge < -0.3 is 9.64 Å². The minimum absolute atomic E-state index is 0.0424. The lowest BCUT2D eigenvalue weighted by Gasteiger charge is -2.31. The topological polar surface area (TPSA) is 29.5 Å². The molecule has 1 fully saturated rings. The zero-order chi connectivity index (χ0) is 21.1. The van der Waals surface area contributed by atoms with Crippen molar-refractivity contribution in [3.8, 4) is 5.75 Å². The number of nitrogens with zero attached hydrogens (tertiary/aromatic N) is 1. The fourth-order valence-electron chi connectivity index (χ4n) is 4.26. The fourth-order valence-corrected chi connectivity index (χ4v) is 4.57. The van der Waals surface area contributed by atoms with Crippen molar-refractivity contribution in [3.63, 3.8) is 0 Å². The van der Waals surface area contributed by atoms with Gasteiger partial charge >= 0.3 is 0 Å². The fraction of sp³-hybridized carbons (Fsp3) is 0.240. The van der Waals surface area contributed by atoms with Crippen LogP contribution in [-0.4, -0.2) is 19.4 Å². The molecule has 0 aromatic heterocycles. The number of carbonyl (C=O) groups is 1. The Hall–Kier alpha value is -2.49. The van der Waals surface area contributed by atoms with Gasteiger partial charge in [0.05, 0.1) is 23.2 Å². The summed E-state index contributed by atoms with van der Waals surface area (Å²) >= 11 is 12.5. The first-order valence-corrected chi connectivity index (χ1v) is 10.8. The highest BCUT2D eigenvalue weighted by atomic mass is 35.5. The highest BCUT2D eigenvalue weighted by Gasteiger charge is 2.37. The number of ether oxygens (including phenoxy) is 1. The van der Waals surface area contributed by atoms with Gasteiger partial charge in [0.1, 0.15) is 5.75 Å². The van der Waals surface area contributed by atoms with E-state index in [-0.39, 0.29) is 17.7 Å². The van der Waals surface area contributed by atoms with Crippen molar-refractivity contribution in [2.45, 2.75) is 18.9 Å². The zero-order valence-corrected chi connectivity index (χ0v) is 18.2. The number of benzene rings is 3. The molecular weight excluding hydrogens is 417 g/mol. The van der Waals surface area contributed by atoms with Crippen molar-refractivity contribution in [2.75, 3.05) is 18.6 Å². The Morgan fingerprint density at radius 3 is 2.40 bits per heavy atom. The summed E-state index contributed by atoms with van der Waals surface area (Å²) in [5, 5.41) is 1.07. The summed E-state index contributed by atoms with van der Waals surface area (Å²) in [6.07, 6.45) is 1.41. The summed E-state index contributed by atoms with van der Waals surface area (Å²) in [4.78, 5) is 15.3. The van der Waals surface area contributed by atoms with Gasteiger partial charge in [0.2, 0.25) is 0 Å². The number of carbonyl (C=O) groups excluding carboxylic acids is 1. The molecule has 2 atom stereocenters. The second-order valence-electron chi connectivity index (χ2n) is 7.55. The van der Waals surface area contributed by atoms with Crippen LogP contribution in [0.1, 0.15) is 34.8 Å². The standard InChI is InChI=1S/C25H23Cl2NO2/c1-30-21-10-8-20(9-11-21)28-14-13-19(16-24(29)17-5-3-2-4-6-17)25(28)18-7-12-22(26)23(27)15-18/h2-12,15,19,25H,13-14,16H2,1H3/t19-,25-/m0/s1. The average Bonchev–Trinajstić information content (AvgIpc) is 3.19. The smallest absolute Gasteiger partial charge is 0.163 e. The SMILES string of the molecule is COc1ccc(N2CC[C@@H](CC(=O)c3ccccc3)[C@@H]2c2ccc(Cl)c(Cl)c2)cc1. The Morgan fingerprint density at radius 2 is 1.73 bits per heavy atom. The maximum atomic E-state index is 12.9. The number of anilines is 1. The molecule has 0 unspecified atom stereocenters. The lowest BCUT2D eigenvalue weighted by Crippen LogP contribution is -2.26. The largest absolute Gasteiger partial charge is 0.497 e. The van der Waals surface area contributed by atoms with E-state index in [1.54, 1.807) is 7.11 Å². The van der Waals surface area contributed by atoms with E-state index in [0.717, 1.165) is 35.5 Å². The van der Waals surface area contributed by atoms with Crippen LogP contribution in [0.25, 0.3) is 0 Å². The van der Waals surface area contributed by atoms with Gasteiger partial charge in [0.15, 0.2) is 5.78 Å². The van der Waals surface area contributed by atoms with Gasteiger partial charge in [-0.2, -0.15) is 0 Å². The zero-order valence-electron chi connectivity index (χ0n) is 16.7. The quantitative estimate of drug-likeness (QED) is 0.393. The molecule has 0 spiro atoms. The molecular formula is C25H23Cl2NO2. The molecule has 4 rings (SSSR count). The molecule has 3 aromatic carbocycles. The van der Waals surface area contributed by atoms with Gasteiger partial charge in [-0.05, 0) is 54.3 Å². The van der Waals surface area contributed by atoms with E-state index in [0.29, 0.717) is 16.5 Å². The van der Waals surface area contributed by atoms with Gasteiger partial charge in [-0.1, -0.05) is 59.6 Å². The van der Waals surface area contributed by atoms with E-state index in [1.165, 1.54) is 0 Å². The maximum absolute atomic E-state index is 12.9. The second-order valence-corrected chi connectivity index (χ2v) is 8.37. The molecule has 0 N–H and O–H groups in total. The van der Waals surface area contributed by atoms with E-state index < -0.39 is 0 Å². The van der Waals surface area contributed by atoms with Crippen molar-refractivity contribution in [3.05, 3.63) is 94.0 Å². The van der Waals surface area contributed by atoms with Gasteiger partial charge in [0.25, 0.3) is 0 Å². The molecule has 1 heterocycles. The number of methoxy groups -OCH3 is 1. The first-order chi connectivity index (χ1) is 14.6. The number of hydrogen-bond acceptors (Lipinski definition) is 3. The Labute approximate surface area is 187 Å². The molecule has 154 valence electrons. The minimum atomic E-state index is 0.0424. The lowest BCUT2D eigenvalue weighted by molar-refractivity contribution is 0.0958. The lowest BCUT2D eigenvalue weighted by atomic mass is 9.88.